The maximum atomic E-state index is 13.5. The molecule has 0 radical (unpaired) electrons. The van der Waals surface area contributed by atoms with Crippen molar-refractivity contribution >= 4 is 23.3 Å². The molecule has 1 aromatic carbocycles. The summed E-state index contributed by atoms with van der Waals surface area (Å²) in [4.78, 5) is 36.9. The number of carbonyl (C=O) groups excluding carboxylic acids is 1. The fourth-order valence-corrected chi connectivity index (χ4v) is 4.26. The lowest BCUT2D eigenvalue weighted by molar-refractivity contribution is -0.140. The van der Waals surface area contributed by atoms with E-state index in [0.717, 1.165) is 24.5 Å². The molecule has 1 aromatic heterocycles. The topological polar surface area (TPSA) is 80.2 Å². The molecule has 8 nitrogen and oxygen atoms in total. The van der Waals surface area contributed by atoms with Gasteiger partial charge in [0.15, 0.2) is 0 Å². The zero-order chi connectivity index (χ0) is 20.9. The number of carboxylic acid groups (broad SMARTS) is 1. The Morgan fingerprint density at radius 3 is 2.27 bits per heavy atom. The van der Waals surface area contributed by atoms with Crippen LogP contribution in [0.25, 0.3) is 0 Å². The molecule has 2 aromatic rings. The maximum Gasteiger partial charge on any atom is 0.317 e. The predicted molar refractivity (Wildman–Crippen MR) is 115 cm³/mol. The van der Waals surface area contributed by atoms with Crippen molar-refractivity contribution in [3.05, 3.63) is 54.9 Å². The van der Waals surface area contributed by atoms with Gasteiger partial charge in [-0.3, -0.25) is 19.5 Å². The number of hydrogen-bond acceptors (Lipinski definition) is 6. The first-order chi connectivity index (χ1) is 14.6. The fraction of sp³-hybridized carbons (Fsp3) is 0.409. The van der Waals surface area contributed by atoms with Crippen LogP contribution >= 0.6 is 0 Å². The number of nitrogens with zero attached hydrogens (tertiary/aromatic N) is 5. The lowest BCUT2D eigenvalue weighted by Gasteiger charge is -2.44. The van der Waals surface area contributed by atoms with Gasteiger partial charge in [-0.15, -0.1) is 0 Å². The highest BCUT2D eigenvalue weighted by atomic mass is 16.4. The van der Waals surface area contributed by atoms with Gasteiger partial charge >= 0.3 is 5.97 Å². The van der Waals surface area contributed by atoms with Gasteiger partial charge in [-0.05, 0) is 24.3 Å². The second-order valence-corrected chi connectivity index (χ2v) is 7.69. The van der Waals surface area contributed by atoms with Crippen LogP contribution in [-0.2, 0) is 9.59 Å². The van der Waals surface area contributed by atoms with Crippen LogP contribution in [0.4, 0.5) is 11.4 Å². The number of carbonyl (C=O) groups is 2. The Morgan fingerprint density at radius 1 is 0.900 bits per heavy atom. The predicted octanol–water partition coefficient (Wildman–Crippen LogP) is 1.01. The molecule has 158 valence electrons. The molecular weight excluding hydrogens is 382 g/mol. The number of rotatable bonds is 5. The van der Waals surface area contributed by atoms with Crippen LogP contribution in [0.3, 0.4) is 0 Å². The SMILES string of the molecule is O=C(O)CN1CCN(c2ccccc2)C(C(=O)N2CCN(c3ccncc3)CC2)C1. The minimum atomic E-state index is -0.861. The molecule has 30 heavy (non-hydrogen) atoms. The molecule has 0 bridgehead atoms. The summed E-state index contributed by atoms with van der Waals surface area (Å²) in [5.41, 5.74) is 2.12. The first kappa shape index (κ1) is 20.2. The molecule has 2 aliphatic heterocycles. The van der Waals surface area contributed by atoms with Gasteiger partial charge in [0.2, 0.25) is 5.91 Å². The number of carboxylic acids is 1. The highest BCUT2D eigenvalue weighted by Gasteiger charge is 2.36. The van der Waals surface area contributed by atoms with Gasteiger partial charge in [0.05, 0.1) is 6.54 Å². The molecule has 1 atom stereocenters. The van der Waals surface area contributed by atoms with Crippen LogP contribution in [0, 0.1) is 0 Å². The lowest BCUT2D eigenvalue weighted by atomic mass is 10.1. The third-order valence-corrected chi connectivity index (χ3v) is 5.82. The number of piperazine rings is 2. The van der Waals surface area contributed by atoms with Crippen LogP contribution in [0.2, 0.25) is 0 Å². The minimum Gasteiger partial charge on any atom is -0.480 e. The molecule has 8 heteroatoms. The molecule has 1 amide bonds. The van der Waals surface area contributed by atoms with E-state index in [2.05, 4.69) is 14.8 Å². The van der Waals surface area contributed by atoms with Crippen molar-refractivity contribution in [2.75, 3.05) is 62.2 Å². The van der Waals surface area contributed by atoms with Crippen molar-refractivity contribution in [2.45, 2.75) is 6.04 Å². The van der Waals surface area contributed by atoms with E-state index in [1.54, 1.807) is 12.4 Å². The summed E-state index contributed by atoms with van der Waals surface area (Å²) in [5, 5.41) is 9.20. The van der Waals surface area contributed by atoms with E-state index in [0.29, 0.717) is 32.7 Å². The van der Waals surface area contributed by atoms with Gasteiger partial charge < -0.3 is 19.8 Å². The molecule has 0 saturated carbocycles. The Kier molecular flexibility index (Phi) is 6.13. The average Bonchev–Trinajstić information content (AvgIpc) is 2.79. The molecule has 0 spiro atoms. The Hall–Kier alpha value is -3.13. The molecular formula is C22H27N5O3. The average molecular weight is 409 g/mol. The van der Waals surface area contributed by atoms with E-state index in [1.165, 1.54) is 0 Å². The number of aromatic nitrogens is 1. The molecule has 4 rings (SSSR count). The summed E-state index contributed by atoms with van der Waals surface area (Å²) >= 11 is 0. The van der Waals surface area contributed by atoms with E-state index < -0.39 is 5.97 Å². The maximum absolute atomic E-state index is 13.5. The van der Waals surface area contributed by atoms with Gasteiger partial charge in [-0.25, -0.2) is 0 Å². The number of hydrogen-bond donors (Lipinski definition) is 1. The van der Waals surface area contributed by atoms with Gasteiger partial charge in [0, 0.05) is 69.6 Å². The summed E-state index contributed by atoms with van der Waals surface area (Å²) in [5.74, 6) is -0.788. The summed E-state index contributed by atoms with van der Waals surface area (Å²) in [7, 11) is 0. The van der Waals surface area contributed by atoms with Crippen LogP contribution < -0.4 is 9.80 Å². The molecule has 0 aliphatic carbocycles. The lowest BCUT2D eigenvalue weighted by Crippen LogP contribution is -2.62. The molecule has 2 aliphatic rings. The summed E-state index contributed by atoms with van der Waals surface area (Å²) < 4.78 is 0. The van der Waals surface area contributed by atoms with Crippen LogP contribution in [0.5, 0.6) is 0 Å². The van der Waals surface area contributed by atoms with Gasteiger partial charge in [-0.2, -0.15) is 0 Å². The Morgan fingerprint density at radius 2 is 1.60 bits per heavy atom. The van der Waals surface area contributed by atoms with E-state index in [9.17, 15) is 14.7 Å². The van der Waals surface area contributed by atoms with E-state index in [4.69, 9.17) is 0 Å². The van der Waals surface area contributed by atoms with Gasteiger partial charge in [0.25, 0.3) is 0 Å². The highest BCUT2D eigenvalue weighted by molar-refractivity contribution is 5.86. The third kappa shape index (κ3) is 4.54. The van der Waals surface area contributed by atoms with Gasteiger partial charge in [-0.1, -0.05) is 18.2 Å². The Bertz CT molecular complexity index is 856. The van der Waals surface area contributed by atoms with Crippen molar-refractivity contribution in [3.8, 4) is 0 Å². The van der Waals surface area contributed by atoms with Gasteiger partial charge in [0.1, 0.15) is 6.04 Å². The second-order valence-electron chi connectivity index (χ2n) is 7.69. The summed E-state index contributed by atoms with van der Waals surface area (Å²) in [6.45, 7) is 4.48. The normalized spacial score (nSPS) is 20.3. The number of benzene rings is 1. The van der Waals surface area contributed by atoms with Crippen LogP contribution in [-0.4, -0.2) is 90.2 Å². The smallest absolute Gasteiger partial charge is 0.317 e. The van der Waals surface area contributed by atoms with Crippen molar-refractivity contribution in [3.63, 3.8) is 0 Å². The minimum absolute atomic E-state index is 0.0395. The zero-order valence-electron chi connectivity index (χ0n) is 16.9. The van der Waals surface area contributed by atoms with E-state index in [-0.39, 0.29) is 18.5 Å². The first-order valence-corrected chi connectivity index (χ1v) is 10.3. The molecule has 1 N–H and O–H groups in total. The Labute approximate surface area is 176 Å². The number of amides is 1. The number of pyridine rings is 1. The molecule has 2 saturated heterocycles. The standard InChI is InChI=1S/C22H27N5O3/c28-21(29)17-24-10-15-27(19-4-2-1-3-5-19)20(16-24)22(30)26-13-11-25(12-14-26)18-6-8-23-9-7-18/h1-9,20H,10-17H2,(H,28,29). The Balaban J connectivity index is 1.46. The largest absolute Gasteiger partial charge is 0.480 e. The zero-order valence-corrected chi connectivity index (χ0v) is 16.9. The summed E-state index contributed by atoms with van der Waals surface area (Å²) in [6, 6.07) is 13.5. The highest BCUT2D eigenvalue weighted by Crippen LogP contribution is 2.23. The third-order valence-electron chi connectivity index (χ3n) is 5.82. The van der Waals surface area contributed by atoms with Crippen molar-refractivity contribution in [1.29, 1.82) is 0 Å². The van der Waals surface area contributed by atoms with Crippen molar-refractivity contribution < 1.29 is 14.7 Å². The monoisotopic (exact) mass is 409 g/mol. The summed E-state index contributed by atoms with van der Waals surface area (Å²) in [6.07, 6.45) is 3.56. The molecule has 1 unspecified atom stereocenters. The van der Waals surface area contributed by atoms with Crippen LogP contribution in [0.15, 0.2) is 54.9 Å². The van der Waals surface area contributed by atoms with Crippen LogP contribution in [0.1, 0.15) is 0 Å². The molecule has 2 fully saturated rings. The first-order valence-electron chi connectivity index (χ1n) is 10.3. The quantitative estimate of drug-likeness (QED) is 0.789. The number of para-hydroxylation sites is 1. The number of anilines is 2. The second kappa shape index (κ2) is 9.13. The van der Waals surface area contributed by atoms with E-state index >= 15 is 0 Å². The molecule has 3 heterocycles. The fourth-order valence-electron chi connectivity index (χ4n) is 4.26. The van der Waals surface area contributed by atoms with E-state index in [1.807, 2.05) is 52.3 Å². The van der Waals surface area contributed by atoms with Crippen molar-refractivity contribution in [2.24, 2.45) is 0 Å². The number of aliphatic carboxylic acids is 1. The van der Waals surface area contributed by atoms with Crippen molar-refractivity contribution in [1.82, 2.24) is 14.8 Å².